The van der Waals surface area contributed by atoms with Gasteiger partial charge in [-0.2, -0.15) is 0 Å². The van der Waals surface area contributed by atoms with E-state index in [-0.39, 0.29) is 0 Å². The van der Waals surface area contributed by atoms with Crippen molar-refractivity contribution in [2.45, 2.75) is 43.9 Å². The highest BCUT2D eigenvalue weighted by atomic mass is 79.9. The molecule has 1 unspecified atom stereocenters. The molecule has 3 rings (SSSR count). The van der Waals surface area contributed by atoms with E-state index < -0.39 is 0 Å². The summed E-state index contributed by atoms with van der Waals surface area (Å²) in [7, 11) is 0. The molecule has 0 radical (unpaired) electrons. The van der Waals surface area contributed by atoms with Gasteiger partial charge in [-0.1, -0.05) is 41.8 Å². The van der Waals surface area contributed by atoms with Gasteiger partial charge in [-0.05, 0) is 36.0 Å². The molecule has 1 aromatic rings. The maximum Gasteiger partial charge on any atom is 0.161 e. The van der Waals surface area contributed by atoms with Crippen LogP contribution in [0.1, 0.15) is 49.4 Å². The van der Waals surface area contributed by atoms with Gasteiger partial charge < -0.3 is 9.47 Å². The van der Waals surface area contributed by atoms with E-state index in [0.29, 0.717) is 10.2 Å². The van der Waals surface area contributed by atoms with Crippen LogP contribution in [0.15, 0.2) is 18.2 Å². The zero-order chi connectivity index (χ0) is 13.3. The van der Waals surface area contributed by atoms with Crippen LogP contribution >= 0.6 is 15.9 Å². The molecule has 0 N–H and O–H groups in total. The predicted octanol–water partition coefficient (Wildman–Crippen LogP) is 4.86. The van der Waals surface area contributed by atoms with Gasteiger partial charge in [0, 0.05) is 11.2 Å². The van der Waals surface area contributed by atoms with E-state index in [4.69, 9.17) is 9.47 Å². The van der Waals surface area contributed by atoms with Crippen molar-refractivity contribution in [3.05, 3.63) is 23.8 Å². The molecule has 19 heavy (non-hydrogen) atoms. The number of rotatable bonds is 2. The molecule has 1 aromatic carbocycles. The summed E-state index contributed by atoms with van der Waals surface area (Å²) >= 11 is 3.92. The van der Waals surface area contributed by atoms with Gasteiger partial charge in [0.25, 0.3) is 0 Å². The summed E-state index contributed by atoms with van der Waals surface area (Å²) in [5.74, 6) is 1.79. The highest BCUT2D eigenvalue weighted by Crippen LogP contribution is 2.52. The summed E-state index contributed by atoms with van der Waals surface area (Å²) < 4.78 is 11.5. The molecule has 0 saturated heterocycles. The Kier molecular flexibility index (Phi) is 3.75. The maximum atomic E-state index is 5.79. The van der Waals surface area contributed by atoms with Crippen LogP contribution in [0.2, 0.25) is 0 Å². The molecule has 1 heterocycles. The molecule has 3 heteroatoms. The quantitative estimate of drug-likeness (QED) is 0.723. The second-order valence-electron chi connectivity index (χ2n) is 5.98. The lowest BCUT2D eigenvalue weighted by molar-refractivity contribution is 0.296. The Morgan fingerprint density at radius 1 is 1.05 bits per heavy atom. The van der Waals surface area contributed by atoms with Gasteiger partial charge in [0.05, 0.1) is 13.2 Å². The van der Waals surface area contributed by atoms with Gasteiger partial charge in [-0.3, -0.25) is 0 Å². The minimum absolute atomic E-state index is 0.375. The Morgan fingerprint density at radius 3 is 2.47 bits per heavy atom. The van der Waals surface area contributed by atoms with Crippen molar-refractivity contribution in [1.29, 1.82) is 0 Å². The number of ether oxygens (including phenoxy) is 2. The van der Waals surface area contributed by atoms with E-state index in [1.807, 2.05) is 0 Å². The van der Waals surface area contributed by atoms with Gasteiger partial charge in [0.2, 0.25) is 0 Å². The summed E-state index contributed by atoms with van der Waals surface area (Å²) in [6, 6.07) is 6.39. The lowest BCUT2D eigenvalue weighted by Gasteiger charge is -2.30. The average molecular weight is 325 g/mol. The molecule has 0 spiro atoms. The SMILES string of the molecule is CC1(C(Br)c2ccc3c(c2)OCCCO3)CCCC1. The lowest BCUT2D eigenvalue weighted by atomic mass is 9.82. The van der Waals surface area contributed by atoms with Crippen molar-refractivity contribution >= 4 is 15.9 Å². The number of hydrogen-bond acceptors (Lipinski definition) is 2. The molecular formula is C16H21BrO2. The molecule has 1 aliphatic carbocycles. The van der Waals surface area contributed by atoms with E-state index >= 15 is 0 Å². The Bertz CT molecular complexity index is 452. The summed E-state index contributed by atoms with van der Waals surface area (Å²) in [4.78, 5) is 0.402. The first kappa shape index (κ1) is 13.3. The molecule has 1 aliphatic heterocycles. The van der Waals surface area contributed by atoms with E-state index in [1.165, 1.54) is 31.2 Å². The van der Waals surface area contributed by atoms with E-state index in [0.717, 1.165) is 31.1 Å². The average Bonchev–Trinajstić information content (AvgIpc) is 2.74. The van der Waals surface area contributed by atoms with Crippen LogP contribution in [0, 0.1) is 5.41 Å². The third kappa shape index (κ3) is 2.62. The predicted molar refractivity (Wildman–Crippen MR) is 80.3 cm³/mol. The van der Waals surface area contributed by atoms with Gasteiger partial charge >= 0.3 is 0 Å². The van der Waals surface area contributed by atoms with Crippen LogP contribution < -0.4 is 9.47 Å². The molecule has 0 aromatic heterocycles. The van der Waals surface area contributed by atoms with Crippen molar-refractivity contribution in [2.24, 2.45) is 5.41 Å². The first-order valence-corrected chi connectivity index (χ1v) is 8.14. The number of hydrogen-bond donors (Lipinski definition) is 0. The number of alkyl halides is 1. The second-order valence-corrected chi connectivity index (χ2v) is 6.90. The van der Waals surface area contributed by atoms with Crippen molar-refractivity contribution in [1.82, 2.24) is 0 Å². The Labute approximate surface area is 123 Å². The molecular weight excluding hydrogens is 304 g/mol. The van der Waals surface area contributed by atoms with Crippen molar-refractivity contribution in [2.75, 3.05) is 13.2 Å². The third-order valence-electron chi connectivity index (χ3n) is 4.42. The Morgan fingerprint density at radius 2 is 1.74 bits per heavy atom. The second kappa shape index (κ2) is 5.35. The van der Waals surface area contributed by atoms with Crippen LogP contribution in [0.4, 0.5) is 0 Å². The number of fused-ring (bicyclic) bond motifs is 1. The van der Waals surface area contributed by atoms with Crippen LogP contribution in [-0.2, 0) is 0 Å². The normalized spacial score (nSPS) is 22.8. The van der Waals surface area contributed by atoms with Gasteiger partial charge in [-0.25, -0.2) is 0 Å². The van der Waals surface area contributed by atoms with Crippen LogP contribution in [-0.4, -0.2) is 13.2 Å². The maximum absolute atomic E-state index is 5.79. The fraction of sp³-hybridized carbons (Fsp3) is 0.625. The summed E-state index contributed by atoms with van der Waals surface area (Å²) in [6.45, 7) is 3.89. The van der Waals surface area contributed by atoms with Gasteiger partial charge in [0.1, 0.15) is 0 Å². The number of benzene rings is 1. The van der Waals surface area contributed by atoms with Crippen LogP contribution in [0.25, 0.3) is 0 Å². The van der Waals surface area contributed by atoms with Gasteiger partial charge in [-0.15, -0.1) is 0 Å². The first-order valence-electron chi connectivity index (χ1n) is 7.23. The number of halogens is 1. The molecule has 104 valence electrons. The zero-order valence-electron chi connectivity index (χ0n) is 11.5. The zero-order valence-corrected chi connectivity index (χ0v) is 13.0. The Hall–Kier alpha value is -0.700. The minimum Gasteiger partial charge on any atom is -0.490 e. The van der Waals surface area contributed by atoms with Crippen molar-refractivity contribution < 1.29 is 9.47 Å². The topological polar surface area (TPSA) is 18.5 Å². The summed E-state index contributed by atoms with van der Waals surface area (Å²) in [5.41, 5.74) is 1.69. The highest BCUT2D eigenvalue weighted by Gasteiger charge is 2.36. The Balaban J connectivity index is 1.87. The monoisotopic (exact) mass is 324 g/mol. The summed E-state index contributed by atoms with van der Waals surface area (Å²) in [6.07, 6.45) is 6.26. The smallest absolute Gasteiger partial charge is 0.161 e. The highest BCUT2D eigenvalue weighted by molar-refractivity contribution is 9.09. The van der Waals surface area contributed by atoms with Crippen LogP contribution in [0.5, 0.6) is 11.5 Å². The molecule has 0 bridgehead atoms. The van der Waals surface area contributed by atoms with Crippen molar-refractivity contribution in [3.63, 3.8) is 0 Å². The molecule has 0 amide bonds. The fourth-order valence-electron chi connectivity index (χ4n) is 3.18. The van der Waals surface area contributed by atoms with E-state index in [9.17, 15) is 0 Å². The van der Waals surface area contributed by atoms with Crippen molar-refractivity contribution in [3.8, 4) is 11.5 Å². The summed E-state index contributed by atoms with van der Waals surface area (Å²) in [5, 5.41) is 0. The molecule has 2 nitrogen and oxygen atoms in total. The molecule has 1 saturated carbocycles. The third-order valence-corrected chi connectivity index (χ3v) is 6.06. The molecule has 2 aliphatic rings. The lowest BCUT2D eigenvalue weighted by Crippen LogP contribution is -2.17. The molecule has 1 atom stereocenters. The largest absolute Gasteiger partial charge is 0.490 e. The van der Waals surface area contributed by atoms with Crippen LogP contribution in [0.3, 0.4) is 0 Å². The first-order chi connectivity index (χ1) is 9.19. The molecule has 1 fully saturated rings. The standard InChI is InChI=1S/C16H21BrO2/c1-16(7-2-3-8-16)15(17)12-5-6-13-14(11-12)19-10-4-9-18-13/h5-6,11,15H,2-4,7-10H2,1H3. The van der Waals surface area contributed by atoms with E-state index in [2.05, 4.69) is 41.1 Å². The van der Waals surface area contributed by atoms with Gasteiger partial charge in [0.15, 0.2) is 11.5 Å². The minimum atomic E-state index is 0.375. The van der Waals surface area contributed by atoms with E-state index in [1.54, 1.807) is 0 Å². The fourth-order valence-corrected chi connectivity index (χ4v) is 3.92.